The Morgan fingerprint density at radius 2 is 1.95 bits per heavy atom. The van der Waals surface area contributed by atoms with Crippen LogP contribution in [0.5, 0.6) is 0 Å². The van der Waals surface area contributed by atoms with Crippen LogP contribution in [0.2, 0.25) is 0 Å². The number of carbonyl (C=O) groups is 2. The van der Waals surface area contributed by atoms with E-state index in [2.05, 4.69) is 5.32 Å². The quantitative estimate of drug-likeness (QED) is 0.865. The lowest BCUT2D eigenvalue weighted by Gasteiger charge is -2.14. The van der Waals surface area contributed by atoms with Crippen molar-refractivity contribution in [3.63, 3.8) is 0 Å². The number of hydrogen-bond acceptors (Lipinski definition) is 3. The number of nitrogens with one attached hydrogen (secondary N) is 1. The number of nitrogens with zero attached hydrogens (tertiary/aromatic N) is 1. The Morgan fingerprint density at radius 1 is 1.30 bits per heavy atom. The van der Waals surface area contributed by atoms with Crippen LogP contribution in [0.3, 0.4) is 0 Å². The first kappa shape index (κ1) is 16.0. The van der Waals surface area contributed by atoms with Crippen molar-refractivity contribution in [2.24, 2.45) is 0 Å². The first-order valence-electron chi connectivity index (χ1n) is 5.56. The molecule has 0 bridgehead atoms. The fourth-order valence-electron chi connectivity index (χ4n) is 1.51. The fourth-order valence-corrected chi connectivity index (χ4v) is 1.51. The van der Waals surface area contributed by atoms with E-state index >= 15 is 0 Å². The summed E-state index contributed by atoms with van der Waals surface area (Å²) in [7, 11) is 1.42. The maximum Gasteiger partial charge on any atom is 0.416 e. The summed E-state index contributed by atoms with van der Waals surface area (Å²) in [6.07, 6.45) is -4.49. The Hall–Kier alpha value is -2.09. The van der Waals surface area contributed by atoms with Crippen molar-refractivity contribution in [1.29, 1.82) is 0 Å². The van der Waals surface area contributed by atoms with E-state index < -0.39 is 23.6 Å². The molecule has 0 aliphatic rings. The van der Waals surface area contributed by atoms with Gasteiger partial charge in [-0.1, -0.05) is 6.07 Å². The van der Waals surface area contributed by atoms with E-state index in [-0.39, 0.29) is 18.8 Å². The van der Waals surface area contributed by atoms with E-state index in [9.17, 15) is 22.8 Å². The molecule has 0 saturated heterocycles. The molecule has 0 radical (unpaired) electrons. The van der Waals surface area contributed by atoms with Crippen LogP contribution < -0.4 is 5.32 Å². The Kier molecular flexibility index (Phi) is 5.09. The van der Waals surface area contributed by atoms with Gasteiger partial charge in [-0.2, -0.15) is 13.2 Å². The Labute approximate surface area is 113 Å². The van der Waals surface area contributed by atoms with Gasteiger partial charge in [-0.25, -0.2) is 0 Å². The number of carboxylic acids is 1. The lowest BCUT2D eigenvalue weighted by Crippen LogP contribution is -2.33. The van der Waals surface area contributed by atoms with Crippen molar-refractivity contribution >= 4 is 17.6 Å². The lowest BCUT2D eigenvalue weighted by molar-refractivity contribution is -0.139. The second kappa shape index (κ2) is 6.38. The lowest BCUT2D eigenvalue weighted by atomic mass is 10.2. The van der Waals surface area contributed by atoms with Crippen LogP contribution in [-0.2, 0) is 15.8 Å². The SMILES string of the molecule is CN(CC(=O)O)CC(=O)Nc1cccc(C(F)(F)F)c1. The highest BCUT2D eigenvalue weighted by molar-refractivity contribution is 5.92. The van der Waals surface area contributed by atoms with Gasteiger partial charge in [-0.3, -0.25) is 14.5 Å². The van der Waals surface area contributed by atoms with Gasteiger partial charge >= 0.3 is 12.1 Å². The summed E-state index contributed by atoms with van der Waals surface area (Å²) >= 11 is 0. The Morgan fingerprint density at radius 3 is 2.50 bits per heavy atom. The van der Waals surface area contributed by atoms with E-state index in [1.807, 2.05) is 0 Å². The normalized spacial score (nSPS) is 11.4. The molecule has 1 rings (SSSR count). The predicted octanol–water partition coefficient (Wildman–Crippen LogP) is 1.66. The molecule has 110 valence electrons. The number of carboxylic acid groups (broad SMARTS) is 1. The molecule has 0 aliphatic carbocycles. The molecule has 2 N–H and O–H groups in total. The molecule has 8 heteroatoms. The summed E-state index contributed by atoms with van der Waals surface area (Å²) in [6.45, 7) is -0.571. The number of benzene rings is 1. The van der Waals surface area contributed by atoms with Crippen LogP contribution in [0.15, 0.2) is 24.3 Å². The zero-order chi connectivity index (χ0) is 15.3. The highest BCUT2D eigenvalue weighted by Gasteiger charge is 2.30. The largest absolute Gasteiger partial charge is 0.480 e. The molecule has 0 unspecified atom stereocenters. The molecular formula is C12H13F3N2O3. The Bertz CT molecular complexity index is 503. The summed E-state index contributed by atoms with van der Waals surface area (Å²) in [6, 6.07) is 4.21. The summed E-state index contributed by atoms with van der Waals surface area (Å²) in [4.78, 5) is 23.2. The van der Waals surface area contributed by atoms with Gasteiger partial charge in [0.1, 0.15) is 0 Å². The third-order valence-corrected chi connectivity index (χ3v) is 2.29. The minimum Gasteiger partial charge on any atom is -0.480 e. The number of likely N-dealkylation sites (N-methyl/N-ethyl adjacent to an activating group) is 1. The van der Waals surface area contributed by atoms with E-state index in [1.165, 1.54) is 24.1 Å². The highest BCUT2D eigenvalue weighted by atomic mass is 19.4. The fraction of sp³-hybridized carbons (Fsp3) is 0.333. The number of rotatable bonds is 5. The number of halogens is 3. The summed E-state index contributed by atoms with van der Waals surface area (Å²) in [5.74, 6) is -1.69. The average molecular weight is 290 g/mol. The molecule has 0 atom stereocenters. The molecule has 0 fully saturated rings. The van der Waals surface area contributed by atoms with Gasteiger partial charge < -0.3 is 10.4 Å². The molecule has 0 spiro atoms. The van der Waals surface area contributed by atoms with Crippen molar-refractivity contribution < 1.29 is 27.9 Å². The van der Waals surface area contributed by atoms with Crippen molar-refractivity contribution in [3.8, 4) is 0 Å². The summed E-state index contributed by atoms with van der Waals surface area (Å²) < 4.78 is 37.4. The first-order valence-corrected chi connectivity index (χ1v) is 5.56. The van der Waals surface area contributed by atoms with Crippen molar-refractivity contribution in [1.82, 2.24) is 4.90 Å². The van der Waals surface area contributed by atoms with Gasteiger partial charge in [-0.15, -0.1) is 0 Å². The molecule has 0 saturated carbocycles. The monoisotopic (exact) mass is 290 g/mol. The van der Waals surface area contributed by atoms with Gasteiger partial charge in [0.2, 0.25) is 5.91 Å². The zero-order valence-corrected chi connectivity index (χ0v) is 10.6. The van der Waals surface area contributed by atoms with Crippen molar-refractivity contribution in [2.75, 3.05) is 25.5 Å². The van der Waals surface area contributed by atoms with Crippen molar-refractivity contribution in [3.05, 3.63) is 29.8 Å². The number of hydrogen-bond donors (Lipinski definition) is 2. The molecule has 20 heavy (non-hydrogen) atoms. The molecule has 1 amide bonds. The Balaban J connectivity index is 2.65. The van der Waals surface area contributed by atoms with E-state index in [0.717, 1.165) is 12.1 Å². The highest BCUT2D eigenvalue weighted by Crippen LogP contribution is 2.30. The van der Waals surface area contributed by atoms with Gasteiger partial charge in [0.15, 0.2) is 0 Å². The first-order chi connectivity index (χ1) is 9.18. The maximum atomic E-state index is 12.5. The number of anilines is 1. The topological polar surface area (TPSA) is 69.6 Å². The molecule has 0 aromatic heterocycles. The standard InChI is InChI=1S/C12H13F3N2O3/c1-17(7-11(19)20)6-10(18)16-9-4-2-3-8(5-9)12(13,14)15/h2-5H,6-7H2,1H3,(H,16,18)(H,19,20). The average Bonchev–Trinajstić information content (AvgIpc) is 2.26. The molecule has 5 nitrogen and oxygen atoms in total. The van der Waals surface area contributed by atoms with Crippen LogP contribution in [0.4, 0.5) is 18.9 Å². The van der Waals surface area contributed by atoms with Gasteiger partial charge in [0, 0.05) is 5.69 Å². The summed E-state index contributed by atoms with van der Waals surface area (Å²) in [5.41, 5.74) is -0.859. The number of aliphatic carboxylic acids is 1. The van der Waals surface area contributed by atoms with Gasteiger partial charge in [0.05, 0.1) is 18.7 Å². The van der Waals surface area contributed by atoms with Crippen LogP contribution >= 0.6 is 0 Å². The van der Waals surface area contributed by atoms with Crippen LogP contribution in [-0.4, -0.2) is 42.0 Å². The third-order valence-electron chi connectivity index (χ3n) is 2.29. The molecule has 1 aromatic carbocycles. The minimum atomic E-state index is -4.49. The van der Waals surface area contributed by atoms with Crippen LogP contribution in [0.1, 0.15) is 5.56 Å². The summed E-state index contributed by atoms with van der Waals surface area (Å²) in [5, 5.41) is 10.8. The predicted molar refractivity (Wildman–Crippen MR) is 65.2 cm³/mol. The van der Waals surface area contributed by atoms with Crippen LogP contribution in [0.25, 0.3) is 0 Å². The van der Waals surface area contributed by atoms with Gasteiger partial charge in [0.25, 0.3) is 0 Å². The number of carbonyl (C=O) groups excluding carboxylic acids is 1. The number of alkyl halides is 3. The van der Waals surface area contributed by atoms with E-state index in [4.69, 9.17) is 5.11 Å². The van der Waals surface area contributed by atoms with E-state index in [0.29, 0.717) is 0 Å². The third kappa shape index (κ3) is 5.27. The second-order valence-corrected chi connectivity index (χ2v) is 4.19. The molecule has 0 heterocycles. The maximum absolute atomic E-state index is 12.5. The molecular weight excluding hydrogens is 277 g/mol. The second-order valence-electron chi connectivity index (χ2n) is 4.19. The molecule has 0 aliphatic heterocycles. The zero-order valence-electron chi connectivity index (χ0n) is 10.6. The smallest absolute Gasteiger partial charge is 0.416 e. The minimum absolute atomic E-state index is 0.00792. The van der Waals surface area contributed by atoms with Crippen molar-refractivity contribution in [2.45, 2.75) is 6.18 Å². The number of amides is 1. The molecule has 1 aromatic rings. The van der Waals surface area contributed by atoms with Gasteiger partial charge in [-0.05, 0) is 25.2 Å². The van der Waals surface area contributed by atoms with Crippen LogP contribution in [0, 0.1) is 0 Å². The van der Waals surface area contributed by atoms with E-state index in [1.54, 1.807) is 0 Å².